The molecule has 110 valence electrons. The molecule has 0 saturated carbocycles. The molecule has 0 bridgehead atoms. The summed E-state index contributed by atoms with van der Waals surface area (Å²) in [6, 6.07) is -0.0125. The molecule has 1 aliphatic heterocycles. The van der Waals surface area contributed by atoms with Crippen molar-refractivity contribution >= 4 is 23.8 Å². The molecular formula is C13H24N2O3S. The van der Waals surface area contributed by atoms with Gasteiger partial charge in [0.1, 0.15) is 0 Å². The van der Waals surface area contributed by atoms with Crippen LogP contribution in [0.25, 0.3) is 0 Å². The van der Waals surface area contributed by atoms with Gasteiger partial charge in [0.2, 0.25) is 0 Å². The van der Waals surface area contributed by atoms with Crippen LogP contribution in [0.2, 0.25) is 0 Å². The summed E-state index contributed by atoms with van der Waals surface area (Å²) in [6.07, 6.45) is 2.56. The van der Waals surface area contributed by atoms with Gasteiger partial charge in [0.15, 0.2) is 0 Å². The van der Waals surface area contributed by atoms with Crippen LogP contribution < -0.4 is 10.6 Å². The standard InChI is InChI=1S/C13H24N2O3S/c1-9(2)7-10(12(16)17)8-14-13(18)15-11-3-5-19-6-4-11/h9-11H,3-8H2,1-2H3,(H,16,17)(H2,14,15,18). The molecule has 1 fully saturated rings. The topological polar surface area (TPSA) is 78.4 Å². The van der Waals surface area contributed by atoms with Crippen molar-refractivity contribution in [3.8, 4) is 0 Å². The summed E-state index contributed by atoms with van der Waals surface area (Å²) in [4.78, 5) is 22.8. The van der Waals surface area contributed by atoms with Crippen LogP contribution in [0.4, 0.5) is 4.79 Å². The van der Waals surface area contributed by atoms with Gasteiger partial charge in [-0.15, -0.1) is 0 Å². The highest BCUT2D eigenvalue weighted by atomic mass is 32.2. The largest absolute Gasteiger partial charge is 0.481 e. The molecule has 3 N–H and O–H groups in total. The third kappa shape index (κ3) is 6.71. The number of amides is 2. The molecule has 0 aromatic heterocycles. The van der Waals surface area contributed by atoms with E-state index >= 15 is 0 Å². The number of thioether (sulfide) groups is 1. The van der Waals surface area contributed by atoms with E-state index in [-0.39, 0.29) is 18.6 Å². The number of carbonyl (C=O) groups excluding carboxylic acids is 1. The lowest BCUT2D eigenvalue weighted by Gasteiger charge is -2.23. The first-order valence-electron chi connectivity index (χ1n) is 6.84. The maximum atomic E-state index is 11.7. The van der Waals surface area contributed by atoms with Crippen molar-refractivity contribution < 1.29 is 14.7 Å². The number of hydrogen-bond donors (Lipinski definition) is 3. The molecule has 5 nitrogen and oxygen atoms in total. The maximum Gasteiger partial charge on any atom is 0.315 e. The van der Waals surface area contributed by atoms with E-state index in [4.69, 9.17) is 5.11 Å². The van der Waals surface area contributed by atoms with Gasteiger partial charge in [-0.05, 0) is 36.7 Å². The van der Waals surface area contributed by atoms with Gasteiger partial charge in [0.25, 0.3) is 0 Å². The Kier molecular flexibility index (Phi) is 7.05. The van der Waals surface area contributed by atoms with Gasteiger partial charge in [-0.1, -0.05) is 13.8 Å². The van der Waals surface area contributed by atoms with Gasteiger partial charge in [-0.3, -0.25) is 4.79 Å². The molecule has 1 heterocycles. The average Bonchev–Trinajstić information content (AvgIpc) is 2.35. The van der Waals surface area contributed by atoms with E-state index in [0.29, 0.717) is 12.3 Å². The van der Waals surface area contributed by atoms with E-state index in [1.54, 1.807) is 0 Å². The molecule has 1 unspecified atom stereocenters. The first-order chi connectivity index (χ1) is 8.99. The Labute approximate surface area is 118 Å². The van der Waals surface area contributed by atoms with Gasteiger partial charge in [0, 0.05) is 12.6 Å². The van der Waals surface area contributed by atoms with Gasteiger partial charge in [-0.25, -0.2) is 4.79 Å². The summed E-state index contributed by atoms with van der Waals surface area (Å²) < 4.78 is 0. The summed E-state index contributed by atoms with van der Waals surface area (Å²) >= 11 is 1.91. The molecule has 1 saturated heterocycles. The zero-order valence-corrected chi connectivity index (χ0v) is 12.5. The predicted octanol–water partition coefficient (Wildman–Crippen LogP) is 1.93. The Morgan fingerprint density at radius 1 is 1.32 bits per heavy atom. The first-order valence-corrected chi connectivity index (χ1v) is 7.99. The predicted molar refractivity (Wildman–Crippen MR) is 77.5 cm³/mol. The van der Waals surface area contributed by atoms with E-state index in [0.717, 1.165) is 24.3 Å². The normalized spacial score (nSPS) is 18.1. The fraction of sp³-hybridized carbons (Fsp3) is 0.846. The fourth-order valence-corrected chi connectivity index (χ4v) is 3.24. The third-order valence-electron chi connectivity index (χ3n) is 3.17. The molecule has 2 amide bonds. The second-order valence-corrected chi connectivity index (χ2v) is 6.63. The summed E-state index contributed by atoms with van der Waals surface area (Å²) in [5.74, 6) is 1.11. The van der Waals surface area contributed by atoms with Gasteiger partial charge in [-0.2, -0.15) is 11.8 Å². The highest BCUT2D eigenvalue weighted by Gasteiger charge is 2.21. The van der Waals surface area contributed by atoms with Crippen LogP contribution in [0, 0.1) is 11.8 Å². The Morgan fingerprint density at radius 3 is 2.47 bits per heavy atom. The Balaban J connectivity index is 2.28. The molecule has 6 heteroatoms. The highest BCUT2D eigenvalue weighted by molar-refractivity contribution is 7.99. The molecule has 1 rings (SSSR count). The lowest BCUT2D eigenvalue weighted by atomic mass is 9.97. The minimum Gasteiger partial charge on any atom is -0.481 e. The molecule has 0 aromatic carbocycles. The zero-order chi connectivity index (χ0) is 14.3. The van der Waals surface area contributed by atoms with Crippen LogP contribution in [-0.4, -0.2) is 41.2 Å². The maximum absolute atomic E-state index is 11.7. The Hall–Kier alpha value is -0.910. The molecule has 19 heavy (non-hydrogen) atoms. The minimum atomic E-state index is -0.844. The van der Waals surface area contributed by atoms with Crippen LogP contribution in [-0.2, 0) is 4.79 Å². The second kappa shape index (κ2) is 8.30. The van der Waals surface area contributed by atoms with Crippen LogP contribution in [0.1, 0.15) is 33.1 Å². The lowest BCUT2D eigenvalue weighted by molar-refractivity contribution is -0.142. The van der Waals surface area contributed by atoms with Crippen molar-refractivity contribution in [3.05, 3.63) is 0 Å². The van der Waals surface area contributed by atoms with Crippen molar-refractivity contribution in [2.75, 3.05) is 18.1 Å². The van der Waals surface area contributed by atoms with E-state index in [9.17, 15) is 9.59 Å². The van der Waals surface area contributed by atoms with Crippen molar-refractivity contribution in [1.29, 1.82) is 0 Å². The number of hydrogen-bond acceptors (Lipinski definition) is 3. The number of nitrogens with one attached hydrogen (secondary N) is 2. The van der Waals surface area contributed by atoms with E-state index in [1.165, 1.54) is 0 Å². The molecular weight excluding hydrogens is 264 g/mol. The summed E-state index contributed by atoms with van der Waals surface area (Å²) in [6.45, 7) is 4.16. The van der Waals surface area contributed by atoms with Gasteiger partial charge in [0.05, 0.1) is 5.92 Å². The Morgan fingerprint density at radius 2 is 1.95 bits per heavy atom. The van der Waals surface area contributed by atoms with Gasteiger partial charge >= 0.3 is 12.0 Å². The number of rotatable bonds is 6. The van der Waals surface area contributed by atoms with Crippen molar-refractivity contribution in [3.63, 3.8) is 0 Å². The van der Waals surface area contributed by atoms with E-state index < -0.39 is 11.9 Å². The number of carboxylic acids is 1. The molecule has 0 aromatic rings. The Bertz CT molecular complexity index is 304. The fourth-order valence-electron chi connectivity index (χ4n) is 2.13. The monoisotopic (exact) mass is 288 g/mol. The molecule has 1 atom stereocenters. The number of carboxylic acid groups (broad SMARTS) is 1. The van der Waals surface area contributed by atoms with Crippen LogP contribution in [0.3, 0.4) is 0 Å². The smallest absolute Gasteiger partial charge is 0.315 e. The molecule has 0 spiro atoms. The average molecular weight is 288 g/mol. The van der Waals surface area contributed by atoms with Crippen molar-refractivity contribution in [1.82, 2.24) is 10.6 Å². The number of carbonyl (C=O) groups is 2. The molecule has 0 aliphatic carbocycles. The van der Waals surface area contributed by atoms with Crippen molar-refractivity contribution in [2.45, 2.75) is 39.2 Å². The lowest BCUT2D eigenvalue weighted by Crippen LogP contribution is -2.45. The summed E-state index contributed by atoms with van der Waals surface area (Å²) in [5, 5.41) is 14.7. The summed E-state index contributed by atoms with van der Waals surface area (Å²) in [7, 11) is 0. The molecule has 0 radical (unpaired) electrons. The SMILES string of the molecule is CC(C)CC(CNC(=O)NC1CCSCC1)C(=O)O. The van der Waals surface area contributed by atoms with E-state index in [2.05, 4.69) is 10.6 Å². The third-order valence-corrected chi connectivity index (χ3v) is 4.22. The van der Waals surface area contributed by atoms with Gasteiger partial charge < -0.3 is 15.7 Å². The number of aliphatic carboxylic acids is 1. The number of urea groups is 1. The zero-order valence-electron chi connectivity index (χ0n) is 11.6. The summed E-state index contributed by atoms with van der Waals surface area (Å²) in [5.41, 5.74) is 0. The van der Waals surface area contributed by atoms with Crippen molar-refractivity contribution in [2.24, 2.45) is 11.8 Å². The quantitative estimate of drug-likeness (QED) is 0.698. The van der Waals surface area contributed by atoms with E-state index in [1.807, 2.05) is 25.6 Å². The second-order valence-electron chi connectivity index (χ2n) is 5.41. The highest BCUT2D eigenvalue weighted by Crippen LogP contribution is 2.16. The first kappa shape index (κ1) is 16.1. The van der Waals surface area contributed by atoms with Crippen LogP contribution in [0.15, 0.2) is 0 Å². The molecule has 1 aliphatic rings. The van der Waals surface area contributed by atoms with Crippen LogP contribution in [0.5, 0.6) is 0 Å². The van der Waals surface area contributed by atoms with Crippen LogP contribution >= 0.6 is 11.8 Å². The minimum absolute atomic E-state index is 0.195.